The van der Waals surface area contributed by atoms with Crippen molar-refractivity contribution in [3.05, 3.63) is 30.1 Å². The lowest BCUT2D eigenvalue weighted by molar-refractivity contribution is -0.128. The van der Waals surface area contributed by atoms with E-state index in [2.05, 4.69) is 17.2 Å². The summed E-state index contributed by atoms with van der Waals surface area (Å²) in [5, 5.41) is 0. The van der Waals surface area contributed by atoms with E-state index in [1.54, 1.807) is 18.1 Å². The molecule has 0 saturated carbocycles. The van der Waals surface area contributed by atoms with Crippen LogP contribution in [-0.2, 0) is 11.2 Å². The molecule has 0 spiro atoms. The number of thiocarbonyl (C=S) groups is 1. The van der Waals surface area contributed by atoms with Crippen molar-refractivity contribution in [3.63, 3.8) is 0 Å². The highest BCUT2D eigenvalue weighted by Crippen LogP contribution is 1.98. The third-order valence-corrected chi connectivity index (χ3v) is 2.33. The van der Waals surface area contributed by atoms with Crippen molar-refractivity contribution < 1.29 is 4.79 Å². The van der Waals surface area contributed by atoms with Crippen LogP contribution in [0.2, 0.25) is 0 Å². The van der Waals surface area contributed by atoms with Crippen LogP contribution in [0, 0.1) is 0 Å². The van der Waals surface area contributed by atoms with Gasteiger partial charge in [0.15, 0.2) is 0 Å². The highest BCUT2D eigenvalue weighted by atomic mass is 32.1. The molecule has 2 N–H and O–H groups in total. The summed E-state index contributed by atoms with van der Waals surface area (Å²) in [6.07, 6.45) is 2.61. The molecule has 16 heavy (non-hydrogen) atoms. The van der Waals surface area contributed by atoms with Crippen molar-refractivity contribution in [2.24, 2.45) is 5.73 Å². The molecule has 0 radical (unpaired) electrons. The monoisotopic (exact) mass is 237 g/mol. The second-order valence-corrected chi connectivity index (χ2v) is 4.05. The van der Waals surface area contributed by atoms with Crippen molar-refractivity contribution in [1.82, 2.24) is 9.88 Å². The lowest BCUT2D eigenvalue weighted by Gasteiger charge is -2.16. The zero-order valence-corrected chi connectivity index (χ0v) is 10.0. The number of rotatable bonds is 5. The molecule has 0 atom stereocenters. The number of pyridine rings is 1. The van der Waals surface area contributed by atoms with E-state index in [0.717, 1.165) is 12.1 Å². The van der Waals surface area contributed by atoms with Gasteiger partial charge in [-0.25, -0.2) is 0 Å². The first-order valence-electron chi connectivity index (χ1n) is 5.02. The van der Waals surface area contributed by atoms with Crippen molar-refractivity contribution in [2.75, 3.05) is 13.6 Å². The molecule has 0 aliphatic heterocycles. The summed E-state index contributed by atoms with van der Waals surface area (Å²) >= 11 is 4.69. The second kappa shape index (κ2) is 6.17. The van der Waals surface area contributed by atoms with Gasteiger partial charge in [-0.15, -0.1) is 0 Å². The third-order valence-electron chi connectivity index (χ3n) is 2.18. The van der Waals surface area contributed by atoms with Gasteiger partial charge in [-0.05, 0) is 12.1 Å². The molecule has 0 aliphatic carbocycles. The van der Waals surface area contributed by atoms with Crippen LogP contribution in [0.3, 0.4) is 0 Å². The Labute approximate surface area is 100 Å². The molecule has 0 bridgehead atoms. The second-order valence-electron chi connectivity index (χ2n) is 3.53. The van der Waals surface area contributed by atoms with E-state index in [0.29, 0.717) is 6.54 Å². The topological polar surface area (TPSA) is 59.2 Å². The van der Waals surface area contributed by atoms with Gasteiger partial charge in [-0.2, -0.15) is 0 Å². The average molecular weight is 237 g/mol. The number of carbonyl (C=O) groups excluding carboxylic acids is 1. The fraction of sp³-hybridized carbons (Fsp3) is 0.364. The molecule has 0 aromatic carbocycles. The predicted molar refractivity (Wildman–Crippen MR) is 67.0 cm³/mol. The van der Waals surface area contributed by atoms with Gasteiger partial charge >= 0.3 is 0 Å². The van der Waals surface area contributed by atoms with Gasteiger partial charge in [0.25, 0.3) is 0 Å². The number of hydrogen-bond donors (Lipinski definition) is 1. The van der Waals surface area contributed by atoms with Crippen LogP contribution in [0.4, 0.5) is 0 Å². The number of nitrogens with zero attached hydrogens (tertiary/aromatic N) is 2. The zero-order valence-electron chi connectivity index (χ0n) is 9.22. The number of aromatic nitrogens is 1. The Kier molecular flexibility index (Phi) is 4.85. The molecule has 0 unspecified atom stereocenters. The molecule has 0 saturated heterocycles. The summed E-state index contributed by atoms with van der Waals surface area (Å²) < 4.78 is 0. The summed E-state index contributed by atoms with van der Waals surface area (Å²) in [7, 11) is 1.74. The molecule has 1 amide bonds. The molecule has 1 heterocycles. The molecular formula is C11H15N3OS. The van der Waals surface area contributed by atoms with E-state index in [1.165, 1.54) is 0 Å². The first kappa shape index (κ1) is 12.6. The fourth-order valence-corrected chi connectivity index (χ4v) is 1.36. The maximum Gasteiger partial charge on any atom is 0.229 e. The lowest BCUT2D eigenvalue weighted by Crippen LogP contribution is -2.31. The van der Waals surface area contributed by atoms with Gasteiger partial charge in [0.2, 0.25) is 5.91 Å². The van der Waals surface area contributed by atoms with Crippen LogP contribution in [0.25, 0.3) is 0 Å². The van der Waals surface area contributed by atoms with Gasteiger partial charge in [0, 0.05) is 31.9 Å². The Morgan fingerprint density at radius 2 is 2.31 bits per heavy atom. The standard InChI is InChI=1S/C11H15N3OS/c1-14(11(15)8-10(12)16)7-5-9-4-2-3-6-13-9/h2-4,6H,5,7-8H2,1H3,(H2,12,16). The molecule has 1 rings (SSSR count). The van der Waals surface area contributed by atoms with Gasteiger partial charge < -0.3 is 10.6 Å². The summed E-state index contributed by atoms with van der Waals surface area (Å²) in [5.74, 6) is -0.0524. The molecule has 0 fully saturated rings. The van der Waals surface area contributed by atoms with Crippen LogP contribution in [0.5, 0.6) is 0 Å². The van der Waals surface area contributed by atoms with E-state index < -0.39 is 0 Å². The zero-order chi connectivity index (χ0) is 12.0. The minimum atomic E-state index is -0.0524. The van der Waals surface area contributed by atoms with Crippen LogP contribution in [0.15, 0.2) is 24.4 Å². The average Bonchev–Trinajstić information content (AvgIpc) is 2.26. The first-order valence-corrected chi connectivity index (χ1v) is 5.42. The first-order chi connectivity index (χ1) is 7.59. The maximum atomic E-state index is 11.5. The Bertz CT molecular complexity index is 367. The van der Waals surface area contributed by atoms with Crippen molar-refractivity contribution >= 4 is 23.1 Å². The SMILES string of the molecule is CN(CCc1ccccn1)C(=O)CC(N)=S. The van der Waals surface area contributed by atoms with Crippen LogP contribution >= 0.6 is 12.2 Å². The van der Waals surface area contributed by atoms with E-state index in [1.807, 2.05) is 18.2 Å². The number of likely N-dealkylation sites (N-methyl/N-ethyl adjacent to an activating group) is 1. The van der Waals surface area contributed by atoms with E-state index in [9.17, 15) is 4.79 Å². The number of carbonyl (C=O) groups is 1. The van der Waals surface area contributed by atoms with E-state index in [4.69, 9.17) is 5.73 Å². The molecular weight excluding hydrogens is 222 g/mol. The van der Waals surface area contributed by atoms with Gasteiger partial charge in [-0.3, -0.25) is 9.78 Å². The van der Waals surface area contributed by atoms with Crippen molar-refractivity contribution in [1.29, 1.82) is 0 Å². The van der Waals surface area contributed by atoms with Gasteiger partial charge in [0.05, 0.1) is 11.4 Å². The molecule has 4 nitrogen and oxygen atoms in total. The van der Waals surface area contributed by atoms with Crippen molar-refractivity contribution in [2.45, 2.75) is 12.8 Å². The van der Waals surface area contributed by atoms with Crippen LogP contribution < -0.4 is 5.73 Å². The summed E-state index contributed by atoms with van der Waals surface area (Å²) in [6.45, 7) is 0.623. The Balaban J connectivity index is 2.38. The molecule has 5 heteroatoms. The molecule has 1 aromatic rings. The minimum Gasteiger partial charge on any atom is -0.393 e. The summed E-state index contributed by atoms with van der Waals surface area (Å²) in [5.41, 5.74) is 6.28. The third kappa shape index (κ3) is 4.35. The quantitative estimate of drug-likeness (QED) is 0.768. The van der Waals surface area contributed by atoms with Crippen molar-refractivity contribution in [3.8, 4) is 0 Å². The summed E-state index contributed by atoms with van der Waals surface area (Å²) in [6, 6.07) is 5.73. The number of hydrogen-bond acceptors (Lipinski definition) is 3. The Hall–Kier alpha value is -1.49. The van der Waals surface area contributed by atoms with Crippen LogP contribution in [-0.4, -0.2) is 34.4 Å². The van der Waals surface area contributed by atoms with Gasteiger partial charge in [-0.1, -0.05) is 18.3 Å². The molecule has 1 aromatic heterocycles. The summed E-state index contributed by atoms with van der Waals surface area (Å²) in [4.78, 5) is 17.5. The van der Waals surface area contributed by atoms with Crippen LogP contribution in [0.1, 0.15) is 12.1 Å². The Morgan fingerprint density at radius 3 is 2.88 bits per heavy atom. The Morgan fingerprint density at radius 1 is 1.56 bits per heavy atom. The highest BCUT2D eigenvalue weighted by molar-refractivity contribution is 7.80. The van der Waals surface area contributed by atoms with Gasteiger partial charge in [0.1, 0.15) is 0 Å². The van der Waals surface area contributed by atoms with E-state index in [-0.39, 0.29) is 17.3 Å². The normalized spacial score (nSPS) is 9.81. The van der Waals surface area contributed by atoms with E-state index >= 15 is 0 Å². The molecule has 86 valence electrons. The minimum absolute atomic E-state index is 0.0524. The highest BCUT2D eigenvalue weighted by Gasteiger charge is 2.09. The predicted octanol–water partition coefficient (Wildman–Crippen LogP) is 0.759. The fourth-order valence-electron chi connectivity index (χ4n) is 1.24. The largest absolute Gasteiger partial charge is 0.393 e. The maximum absolute atomic E-state index is 11.5. The number of amides is 1. The lowest BCUT2D eigenvalue weighted by atomic mass is 10.2. The number of nitrogens with two attached hydrogens (primary N) is 1. The smallest absolute Gasteiger partial charge is 0.229 e. The molecule has 0 aliphatic rings.